The average molecular weight is 336 g/mol. The number of carbonyl (C=O) groups excluding carboxylic acids is 1. The lowest BCUT2D eigenvalue weighted by molar-refractivity contribution is -0.122. The Hall–Kier alpha value is -2.39. The van der Waals surface area contributed by atoms with Crippen molar-refractivity contribution < 1.29 is 17.9 Å². The first-order valence-corrected chi connectivity index (χ1v) is 8.43. The molecule has 3 rings (SSSR count). The second-order valence-electron chi connectivity index (χ2n) is 5.21. The number of aryl methyl sites for hydroxylation is 1. The highest BCUT2D eigenvalue weighted by atomic mass is 32.2. The van der Waals surface area contributed by atoms with E-state index < -0.39 is 16.1 Å². The van der Waals surface area contributed by atoms with Crippen LogP contribution in [0.4, 0.5) is 5.69 Å². The number of aromatic nitrogens is 2. The number of ether oxygens (including phenoxy) is 1. The molecule has 1 amide bonds. The molecule has 1 aromatic heterocycles. The zero-order valence-corrected chi connectivity index (χ0v) is 13.4. The number of nitrogens with zero attached hydrogens (tertiary/aromatic N) is 2. The number of nitrogens with one attached hydrogen (secondary N) is 2. The van der Waals surface area contributed by atoms with Crippen LogP contribution in [0.2, 0.25) is 0 Å². The molecule has 23 heavy (non-hydrogen) atoms. The Morgan fingerprint density at radius 1 is 1.39 bits per heavy atom. The van der Waals surface area contributed by atoms with Crippen molar-refractivity contribution in [3.63, 3.8) is 0 Å². The standard InChI is InChI=1S/C14H16N4O4S/c1-9-14(19)16-12-7-11(3-4-13(12)22-9)23(20,21)15-8-10-5-6-18(2)17-10/h3-7,9,15H,8H2,1-2H3,(H,16,19)/t9-/m1/s1. The molecule has 1 aliphatic rings. The molecule has 0 aliphatic carbocycles. The fourth-order valence-electron chi connectivity index (χ4n) is 2.16. The molecule has 1 aliphatic heterocycles. The summed E-state index contributed by atoms with van der Waals surface area (Å²) in [5.41, 5.74) is 0.952. The number of hydrogen-bond acceptors (Lipinski definition) is 5. The number of amides is 1. The van der Waals surface area contributed by atoms with Gasteiger partial charge in [-0.15, -0.1) is 0 Å². The van der Waals surface area contributed by atoms with Crippen LogP contribution in [0, 0.1) is 0 Å². The first-order chi connectivity index (χ1) is 10.8. The lowest BCUT2D eigenvalue weighted by Gasteiger charge is -2.23. The molecule has 0 saturated carbocycles. The minimum atomic E-state index is -3.72. The Morgan fingerprint density at radius 2 is 2.17 bits per heavy atom. The quantitative estimate of drug-likeness (QED) is 0.852. The molecule has 1 atom stereocenters. The fraction of sp³-hybridized carbons (Fsp3) is 0.286. The van der Waals surface area contributed by atoms with Gasteiger partial charge in [-0.2, -0.15) is 5.10 Å². The highest BCUT2D eigenvalue weighted by Gasteiger charge is 2.25. The number of fused-ring (bicyclic) bond motifs is 1. The molecule has 0 unspecified atom stereocenters. The van der Waals surface area contributed by atoms with E-state index in [-0.39, 0.29) is 17.3 Å². The van der Waals surface area contributed by atoms with E-state index in [1.54, 1.807) is 30.9 Å². The summed E-state index contributed by atoms with van der Waals surface area (Å²) in [5, 5.41) is 6.74. The maximum absolute atomic E-state index is 12.3. The van der Waals surface area contributed by atoms with Gasteiger partial charge in [-0.25, -0.2) is 13.1 Å². The highest BCUT2D eigenvalue weighted by molar-refractivity contribution is 7.89. The molecule has 0 spiro atoms. The molecule has 122 valence electrons. The molecule has 0 radical (unpaired) electrons. The zero-order valence-electron chi connectivity index (χ0n) is 12.6. The average Bonchev–Trinajstić information content (AvgIpc) is 2.92. The predicted molar refractivity (Wildman–Crippen MR) is 82.4 cm³/mol. The number of rotatable bonds is 4. The topological polar surface area (TPSA) is 102 Å². The minimum absolute atomic E-state index is 0.0469. The maximum Gasteiger partial charge on any atom is 0.265 e. The molecule has 1 aromatic carbocycles. The van der Waals surface area contributed by atoms with Crippen molar-refractivity contribution in [1.29, 1.82) is 0 Å². The monoisotopic (exact) mass is 336 g/mol. The Bertz CT molecular complexity index is 859. The van der Waals surface area contributed by atoms with Crippen LogP contribution in [0.15, 0.2) is 35.4 Å². The molecular weight excluding hydrogens is 320 g/mol. The Balaban J connectivity index is 1.80. The summed E-state index contributed by atoms with van der Waals surface area (Å²) in [6.07, 6.45) is 1.13. The van der Waals surface area contributed by atoms with Gasteiger partial charge in [0.1, 0.15) is 5.75 Å². The van der Waals surface area contributed by atoms with Crippen LogP contribution < -0.4 is 14.8 Å². The number of hydrogen-bond donors (Lipinski definition) is 2. The molecule has 9 heteroatoms. The van der Waals surface area contributed by atoms with E-state index >= 15 is 0 Å². The van der Waals surface area contributed by atoms with Gasteiger partial charge >= 0.3 is 0 Å². The van der Waals surface area contributed by atoms with Crippen LogP contribution in [0.5, 0.6) is 5.75 Å². The third-order valence-corrected chi connectivity index (χ3v) is 4.80. The van der Waals surface area contributed by atoms with Crippen LogP contribution >= 0.6 is 0 Å². The molecular formula is C14H16N4O4S. The van der Waals surface area contributed by atoms with Gasteiger partial charge in [-0.3, -0.25) is 9.48 Å². The Labute approximate surface area is 133 Å². The predicted octanol–water partition coefficient (Wildman–Crippen LogP) is 0.618. The molecule has 0 bridgehead atoms. The van der Waals surface area contributed by atoms with E-state index in [0.29, 0.717) is 17.1 Å². The third-order valence-electron chi connectivity index (χ3n) is 3.40. The van der Waals surface area contributed by atoms with Gasteiger partial charge in [-0.1, -0.05) is 0 Å². The minimum Gasteiger partial charge on any atom is -0.479 e. The molecule has 2 aromatic rings. The Kier molecular flexibility index (Phi) is 3.82. The number of sulfonamides is 1. The largest absolute Gasteiger partial charge is 0.479 e. The van der Waals surface area contributed by atoms with Crippen LogP contribution in [0.1, 0.15) is 12.6 Å². The number of anilines is 1. The van der Waals surface area contributed by atoms with E-state index in [2.05, 4.69) is 15.1 Å². The fourth-order valence-corrected chi connectivity index (χ4v) is 3.19. The summed E-state index contributed by atoms with van der Waals surface area (Å²) in [6, 6.07) is 6.06. The summed E-state index contributed by atoms with van der Waals surface area (Å²) in [4.78, 5) is 11.7. The normalized spacial score (nSPS) is 17.3. The first-order valence-electron chi connectivity index (χ1n) is 6.95. The van der Waals surface area contributed by atoms with Gasteiger partial charge in [0.2, 0.25) is 10.0 Å². The van der Waals surface area contributed by atoms with Gasteiger partial charge in [0.15, 0.2) is 6.10 Å². The number of benzene rings is 1. The van der Waals surface area contributed by atoms with E-state index in [1.807, 2.05) is 0 Å². The Morgan fingerprint density at radius 3 is 2.87 bits per heavy atom. The molecule has 0 fully saturated rings. The third kappa shape index (κ3) is 3.20. The van der Waals surface area contributed by atoms with E-state index in [1.165, 1.54) is 18.2 Å². The van der Waals surface area contributed by atoms with E-state index in [9.17, 15) is 13.2 Å². The second-order valence-corrected chi connectivity index (χ2v) is 6.98. The van der Waals surface area contributed by atoms with E-state index in [0.717, 1.165) is 0 Å². The van der Waals surface area contributed by atoms with Crippen molar-refractivity contribution in [2.75, 3.05) is 5.32 Å². The maximum atomic E-state index is 12.3. The summed E-state index contributed by atoms with van der Waals surface area (Å²) in [5.74, 6) is 0.134. The lowest BCUT2D eigenvalue weighted by atomic mass is 10.2. The van der Waals surface area contributed by atoms with Gasteiger partial charge < -0.3 is 10.1 Å². The van der Waals surface area contributed by atoms with Crippen molar-refractivity contribution in [2.45, 2.75) is 24.5 Å². The van der Waals surface area contributed by atoms with Gasteiger partial charge in [0.25, 0.3) is 5.91 Å². The van der Waals surface area contributed by atoms with Crippen LogP contribution in [-0.4, -0.2) is 30.2 Å². The zero-order chi connectivity index (χ0) is 16.6. The molecule has 2 heterocycles. The van der Waals surface area contributed by atoms with Crippen molar-refractivity contribution in [3.8, 4) is 5.75 Å². The SMILES string of the molecule is C[C@H]1Oc2ccc(S(=O)(=O)NCc3ccn(C)n3)cc2NC1=O. The smallest absolute Gasteiger partial charge is 0.265 e. The van der Waals surface area contributed by atoms with Crippen molar-refractivity contribution >= 4 is 21.6 Å². The van der Waals surface area contributed by atoms with Gasteiger partial charge in [-0.05, 0) is 31.2 Å². The summed E-state index contributed by atoms with van der Waals surface area (Å²) < 4.78 is 34.2. The van der Waals surface area contributed by atoms with Gasteiger partial charge in [0, 0.05) is 13.2 Å². The van der Waals surface area contributed by atoms with Crippen LogP contribution in [-0.2, 0) is 28.4 Å². The highest BCUT2D eigenvalue weighted by Crippen LogP contribution is 2.31. The van der Waals surface area contributed by atoms with E-state index in [4.69, 9.17) is 4.74 Å². The van der Waals surface area contributed by atoms with Gasteiger partial charge in [0.05, 0.1) is 22.8 Å². The molecule has 0 saturated heterocycles. The summed E-state index contributed by atoms with van der Waals surface area (Å²) >= 11 is 0. The second kappa shape index (κ2) is 5.67. The van der Waals surface area contributed by atoms with Crippen molar-refractivity contribution in [3.05, 3.63) is 36.2 Å². The molecule has 2 N–H and O–H groups in total. The van der Waals surface area contributed by atoms with Crippen molar-refractivity contribution in [2.24, 2.45) is 7.05 Å². The van der Waals surface area contributed by atoms with Crippen molar-refractivity contribution in [1.82, 2.24) is 14.5 Å². The van der Waals surface area contributed by atoms with Crippen LogP contribution in [0.25, 0.3) is 0 Å². The lowest BCUT2D eigenvalue weighted by Crippen LogP contribution is -2.34. The molecule has 8 nitrogen and oxygen atoms in total. The summed E-state index contributed by atoms with van der Waals surface area (Å²) in [7, 11) is -1.96. The first kappa shape index (κ1) is 15.5. The number of carbonyl (C=O) groups is 1. The summed E-state index contributed by atoms with van der Waals surface area (Å²) in [6.45, 7) is 1.71. The van der Waals surface area contributed by atoms with Crippen LogP contribution in [0.3, 0.4) is 0 Å².